The summed E-state index contributed by atoms with van der Waals surface area (Å²) >= 11 is 1.80. The van der Waals surface area contributed by atoms with Gasteiger partial charge in [-0.1, -0.05) is 19.3 Å². The van der Waals surface area contributed by atoms with Gasteiger partial charge in [-0.15, -0.1) is 11.8 Å². The zero-order valence-corrected chi connectivity index (χ0v) is 10.2. The van der Waals surface area contributed by atoms with Crippen molar-refractivity contribution in [3.63, 3.8) is 0 Å². The van der Waals surface area contributed by atoms with E-state index in [1.807, 2.05) is 12.1 Å². The molecule has 1 aromatic rings. The lowest BCUT2D eigenvalue weighted by Crippen LogP contribution is -2.31. The Morgan fingerprint density at radius 2 is 1.75 bits per heavy atom. The smallest absolute Gasteiger partial charge is 0.123 e. The Bertz CT molecular complexity index is 325. The number of benzene rings is 1. The molecule has 1 aliphatic carbocycles. The summed E-state index contributed by atoms with van der Waals surface area (Å²) in [5, 5.41) is 0.493. The van der Waals surface area contributed by atoms with Crippen LogP contribution in [0.3, 0.4) is 0 Å². The zero-order chi connectivity index (χ0) is 11.4. The molecule has 3 heteroatoms. The Morgan fingerprint density at radius 3 is 2.50 bits per heavy atom. The normalized spacial score (nSPS) is 26.4. The van der Waals surface area contributed by atoms with Crippen LogP contribution in [-0.2, 0) is 0 Å². The summed E-state index contributed by atoms with van der Waals surface area (Å²) in [6.07, 6.45) is 6.13. The SMILES string of the molecule is NC1CCCCCC1Sc1ccc(F)cc1. The molecule has 2 atom stereocenters. The second-order valence-electron chi connectivity index (χ2n) is 4.41. The predicted molar refractivity (Wildman–Crippen MR) is 67.1 cm³/mol. The number of hydrogen-bond acceptors (Lipinski definition) is 2. The van der Waals surface area contributed by atoms with Gasteiger partial charge in [0.15, 0.2) is 0 Å². The number of thioether (sulfide) groups is 1. The summed E-state index contributed by atoms with van der Waals surface area (Å²) in [6, 6.07) is 7.02. The molecule has 2 N–H and O–H groups in total. The second-order valence-corrected chi connectivity index (χ2v) is 5.72. The zero-order valence-electron chi connectivity index (χ0n) is 9.36. The van der Waals surface area contributed by atoms with E-state index in [1.165, 1.54) is 37.8 Å². The molecule has 1 nitrogen and oxygen atoms in total. The lowest BCUT2D eigenvalue weighted by molar-refractivity contribution is 0.596. The molecule has 2 unspecified atom stereocenters. The molecule has 1 fully saturated rings. The van der Waals surface area contributed by atoms with E-state index < -0.39 is 0 Å². The molecule has 1 aliphatic rings. The van der Waals surface area contributed by atoms with Crippen molar-refractivity contribution in [1.29, 1.82) is 0 Å². The lowest BCUT2D eigenvalue weighted by atomic mass is 10.1. The van der Waals surface area contributed by atoms with Crippen molar-refractivity contribution >= 4 is 11.8 Å². The number of halogens is 1. The maximum absolute atomic E-state index is 12.8. The van der Waals surface area contributed by atoms with Crippen LogP contribution in [0.4, 0.5) is 4.39 Å². The fourth-order valence-corrected chi connectivity index (χ4v) is 3.37. The quantitative estimate of drug-likeness (QED) is 0.798. The standard InChI is InChI=1S/C13H18FNS/c14-10-6-8-11(9-7-10)16-13-5-3-1-2-4-12(13)15/h6-9,12-13H,1-5,15H2. The molecule has 0 heterocycles. The summed E-state index contributed by atoms with van der Waals surface area (Å²) in [4.78, 5) is 1.13. The highest BCUT2D eigenvalue weighted by atomic mass is 32.2. The minimum absolute atomic E-state index is 0.172. The Morgan fingerprint density at radius 1 is 1.06 bits per heavy atom. The predicted octanol–water partition coefficient (Wildman–Crippen LogP) is 3.58. The summed E-state index contributed by atoms with van der Waals surface area (Å²) in [5.41, 5.74) is 6.16. The molecule has 0 aromatic heterocycles. The molecular formula is C13H18FNS. The third kappa shape index (κ3) is 3.22. The minimum Gasteiger partial charge on any atom is -0.327 e. The molecule has 1 saturated carbocycles. The third-order valence-corrected chi connectivity index (χ3v) is 4.54. The van der Waals surface area contributed by atoms with Crippen LogP contribution in [0.1, 0.15) is 32.1 Å². The average molecular weight is 239 g/mol. The van der Waals surface area contributed by atoms with Crippen LogP contribution in [0.5, 0.6) is 0 Å². The Labute approximate surface area is 101 Å². The minimum atomic E-state index is -0.172. The number of rotatable bonds is 2. The van der Waals surface area contributed by atoms with E-state index in [1.54, 1.807) is 11.8 Å². The Hall–Kier alpha value is -0.540. The largest absolute Gasteiger partial charge is 0.327 e. The van der Waals surface area contributed by atoms with Crippen LogP contribution < -0.4 is 5.73 Å². The maximum atomic E-state index is 12.8. The van der Waals surface area contributed by atoms with Gasteiger partial charge in [0.05, 0.1) is 0 Å². The first kappa shape index (κ1) is 11.9. The lowest BCUT2D eigenvalue weighted by Gasteiger charge is -2.20. The summed E-state index contributed by atoms with van der Waals surface area (Å²) in [5.74, 6) is -0.172. The van der Waals surface area contributed by atoms with E-state index in [2.05, 4.69) is 0 Å². The summed E-state index contributed by atoms with van der Waals surface area (Å²) < 4.78 is 12.8. The van der Waals surface area contributed by atoms with Crippen LogP contribution >= 0.6 is 11.8 Å². The first-order valence-electron chi connectivity index (χ1n) is 5.93. The second kappa shape index (κ2) is 5.69. The van der Waals surface area contributed by atoms with Gasteiger partial charge in [-0.2, -0.15) is 0 Å². The van der Waals surface area contributed by atoms with Crippen molar-refractivity contribution in [3.05, 3.63) is 30.1 Å². The van der Waals surface area contributed by atoms with Crippen LogP contribution in [0, 0.1) is 5.82 Å². The van der Waals surface area contributed by atoms with Crippen molar-refractivity contribution < 1.29 is 4.39 Å². The fraction of sp³-hybridized carbons (Fsp3) is 0.538. The van der Waals surface area contributed by atoms with Crippen LogP contribution in [0.15, 0.2) is 29.2 Å². The first-order chi connectivity index (χ1) is 7.75. The summed E-state index contributed by atoms with van der Waals surface area (Å²) in [7, 11) is 0. The van der Waals surface area contributed by atoms with E-state index in [4.69, 9.17) is 5.73 Å². The Balaban J connectivity index is 1.99. The number of hydrogen-bond donors (Lipinski definition) is 1. The molecule has 0 bridgehead atoms. The van der Waals surface area contributed by atoms with Gasteiger partial charge in [0.1, 0.15) is 5.82 Å². The molecule has 0 aliphatic heterocycles. The van der Waals surface area contributed by atoms with Crippen LogP contribution in [-0.4, -0.2) is 11.3 Å². The molecule has 16 heavy (non-hydrogen) atoms. The van der Waals surface area contributed by atoms with Gasteiger partial charge >= 0.3 is 0 Å². The van der Waals surface area contributed by atoms with E-state index in [0.29, 0.717) is 5.25 Å². The first-order valence-corrected chi connectivity index (χ1v) is 6.81. The van der Waals surface area contributed by atoms with E-state index in [0.717, 1.165) is 11.3 Å². The topological polar surface area (TPSA) is 26.0 Å². The number of nitrogens with two attached hydrogens (primary N) is 1. The van der Waals surface area contributed by atoms with Gasteiger partial charge in [-0.25, -0.2) is 4.39 Å². The van der Waals surface area contributed by atoms with Gasteiger partial charge < -0.3 is 5.73 Å². The highest BCUT2D eigenvalue weighted by Gasteiger charge is 2.21. The van der Waals surface area contributed by atoms with Crippen molar-refractivity contribution in [3.8, 4) is 0 Å². The van der Waals surface area contributed by atoms with Crippen molar-refractivity contribution in [1.82, 2.24) is 0 Å². The van der Waals surface area contributed by atoms with Crippen molar-refractivity contribution in [2.24, 2.45) is 5.73 Å². The van der Waals surface area contributed by atoms with E-state index in [9.17, 15) is 4.39 Å². The molecular weight excluding hydrogens is 221 g/mol. The molecule has 1 aromatic carbocycles. The molecule has 0 saturated heterocycles. The molecule has 2 rings (SSSR count). The van der Waals surface area contributed by atoms with Gasteiger partial charge in [-0.3, -0.25) is 0 Å². The monoisotopic (exact) mass is 239 g/mol. The Kier molecular flexibility index (Phi) is 4.24. The van der Waals surface area contributed by atoms with Gasteiger partial charge in [0.2, 0.25) is 0 Å². The van der Waals surface area contributed by atoms with E-state index >= 15 is 0 Å². The van der Waals surface area contributed by atoms with Gasteiger partial charge in [-0.05, 0) is 37.1 Å². The third-order valence-electron chi connectivity index (χ3n) is 3.10. The van der Waals surface area contributed by atoms with Gasteiger partial charge in [0.25, 0.3) is 0 Å². The summed E-state index contributed by atoms with van der Waals surface area (Å²) in [6.45, 7) is 0. The van der Waals surface area contributed by atoms with Gasteiger partial charge in [0, 0.05) is 16.2 Å². The van der Waals surface area contributed by atoms with Crippen molar-refractivity contribution in [2.45, 2.75) is 48.3 Å². The van der Waals surface area contributed by atoms with Crippen LogP contribution in [0.2, 0.25) is 0 Å². The average Bonchev–Trinajstić information content (AvgIpc) is 2.48. The highest BCUT2D eigenvalue weighted by Crippen LogP contribution is 2.32. The van der Waals surface area contributed by atoms with E-state index in [-0.39, 0.29) is 11.9 Å². The van der Waals surface area contributed by atoms with Crippen molar-refractivity contribution in [2.75, 3.05) is 0 Å². The maximum Gasteiger partial charge on any atom is 0.123 e. The molecule has 0 radical (unpaired) electrons. The molecule has 0 spiro atoms. The highest BCUT2D eigenvalue weighted by molar-refractivity contribution is 8.00. The van der Waals surface area contributed by atoms with Crippen LogP contribution in [0.25, 0.3) is 0 Å². The fourth-order valence-electron chi connectivity index (χ4n) is 2.14. The molecule has 0 amide bonds. The molecule has 88 valence electrons.